The number of aryl methyl sites for hydroxylation is 1. The molecule has 31 heavy (non-hydrogen) atoms. The molecule has 4 rings (SSSR count). The molecule has 0 saturated heterocycles. The molecule has 0 aliphatic rings. The minimum Gasteiger partial charge on any atom is -0.256 e. The Morgan fingerprint density at radius 3 is 2.03 bits per heavy atom. The predicted molar refractivity (Wildman–Crippen MR) is 118 cm³/mol. The highest BCUT2D eigenvalue weighted by atomic mass is 14.7. The molecular formula is C26H13N5. The largest absolute Gasteiger partial charge is 0.256 e. The molecule has 0 aliphatic heterocycles. The fourth-order valence-electron chi connectivity index (χ4n) is 4.17. The quantitative estimate of drug-likeness (QED) is 0.417. The standard InChI is InChI=1S/C26H13N5/c1-3-16-7-4-5-8-17(16)23-15(2)26-18(9-6-10-31-26)24-21(13-29)19(11-27)20(12-28)22(14-30)25(23)24/h3-10H,1H2,2H3. The lowest BCUT2D eigenvalue weighted by Crippen LogP contribution is -2.02. The van der Waals surface area contributed by atoms with Gasteiger partial charge in [0, 0.05) is 22.4 Å². The molecule has 5 heteroatoms. The average Bonchev–Trinajstić information content (AvgIpc) is 2.82. The smallest absolute Gasteiger partial charge is 0.102 e. The van der Waals surface area contributed by atoms with Crippen molar-refractivity contribution in [2.45, 2.75) is 6.92 Å². The van der Waals surface area contributed by atoms with Crippen LogP contribution in [-0.4, -0.2) is 4.98 Å². The van der Waals surface area contributed by atoms with Crippen molar-refractivity contribution in [3.05, 3.63) is 82.6 Å². The van der Waals surface area contributed by atoms with Gasteiger partial charge < -0.3 is 0 Å². The number of rotatable bonds is 2. The van der Waals surface area contributed by atoms with Crippen molar-refractivity contribution < 1.29 is 0 Å². The summed E-state index contributed by atoms with van der Waals surface area (Å²) in [5.74, 6) is 0. The van der Waals surface area contributed by atoms with Gasteiger partial charge in [-0.2, -0.15) is 21.0 Å². The van der Waals surface area contributed by atoms with Crippen molar-refractivity contribution >= 4 is 27.8 Å². The van der Waals surface area contributed by atoms with Crippen LogP contribution in [0.25, 0.3) is 38.9 Å². The summed E-state index contributed by atoms with van der Waals surface area (Å²) in [6, 6.07) is 19.3. The van der Waals surface area contributed by atoms with Gasteiger partial charge >= 0.3 is 0 Å². The molecule has 0 saturated carbocycles. The van der Waals surface area contributed by atoms with Gasteiger partial charge in [0.05, 0.1) is 27.8 Å². The predicted octanol–water partition coefficient (Wildman–Crippen LogP) is 5.49. The third-order valence-electron chi connectivity index (χ3n) is 5.45. The first-order chi connectivity index (χ1) is 15.1. The Kier molecular flexibility index (Phi) is 4.65. The second-order valence-corrected chi connectivity index (χ2v) is 6.89. The first kappa shape index (κ1) is 19.4. The number of hydrogen-bond donors (Lipinski definition) is 0. The molecule has 0 spiro atoms. The summed E-state index contributed by atoms with van der Waals surface area (Å²) in [6.07, 6.45) is 3.38. The van der Waals surface area contributed by atoms with Crippen molar-refractivity contribution in [3.8, 4) is 35.4 Å². The van der Waals surface area contributed by atoms with Crippen LogP contribution in [0.5, 0.6) is 0 Å². The zero-order valence-electron chi connectivity index (χ0n) is 16.6. The Labute approximate surface area is 179 Å². The Balaban J connectivity index is 2.50. The highest BCUT2D eigenvalue weighted by Gasteiger charge is 2.26. The number of nitriles is 4. The molecule has 1 aromatic heterocycles. The molecule has 0 fully saturated rings. The normalized spacial score (nSPS) is 10.1. The Hall–Kier alpha value is -4.97. The zero-order valence-corrected chi connectivity index (χ0v) is 16.6. The minimum absolute atomic E-state index is 0.0726. The van der Waals surface area contributed by atoms with Crippen LogP contribution < -0.4 is 0 Å². The minimum atomic E-state index is -0.0917. The summed E-state index contributed by atoms with van der Waals surface area (Å²) in [4.78, 5) is 4.54. The molecule has 0 amide bonds. The van der Waals surface area contributed by atoms with E-state index < -0.39 is 0 Å². The molecule has 0 aliphatic carbocycles. The van der Waals surface area contributed by atoms with Gasteiger partial charge in [0.1, 0.15) is 24.3 Å². The van der Waals surface area contributed by atoms with Gasteiger partial charge in [-0.25, -0.2) is 0 Å². The lowest BCUT2D eigenvalue weighted by Gasteiger charge is -2.19. The number of pyridine rings is 1. The molecule has 0 atom stereocenters. The van der Waals surface area contributed by atoms with E-state index in [4.69, 9.17) is 0 Å². The van der Waals surface area contributed by atoms with Crippen LogP contribution >= 0.6 is 0 Å². The van der Waals surface area contributed by atoms with Crippen molar-refractivity contribution in [2.75, 3.05) is 0 Å². The first-order valence-corrected chi connectivity index (χ1v) is 9.36. The van der Waals surface area contributed by atoms with Gasteiger partial charge in [-0.15, -0.1) is 0 Å². The molecule has 0 bridgehead atoms. The molecule has 0 N–H and O–H groups in total. The van der Waals surface area contributed by atoms with E-state index in [1.54, 1.807) is 18.3 Å². The van der Waals surface area contributed by atoms with Gasteiger partial charge in [-0.3, -0.25) is 4.98 Å². The van der Waals surface area contributed by atoms with Crippen LogP contribution in [-0.2, 0) is 0 Å². The maximum Gasteiger partial charge on any atom is 0.102 e. The second kappa shape index (κ2) is 7.46. The highest BCUT2D eigenvalue weighted by molar-refractivity contribution is 6.20. The molecule has 1 heterocycles. The topological polar surface area (TPSA) is 108 Å². The summed E-state index contributed by atoms with van der Waals surface area (Å²) < 4.78 is 0. The van der Waals surface area contributed by atoms with Crippen LogP contribution in [0, 0.1) is 52.2 Å². The zero-order chi connectivity index (χ0) is 22.1. The maximum atomic E-state index is 10.1. The Morgan fingerprint density at radius 2 is 1.42 bits per heavy atom. The van der Waals surface area contributed by atoms with Crippen molar-refractivity contribution in [1.29, 1.82) is 21.0 Å². The van der Waals surface area contributed by atoms with E-state index in [1.165, 1.54) is 0 Å². The molecule has 5 nitrogen and oxygen atoms in total. The summed E-state index contributed by atoms with van der Waals surface area (Å²) in [5, 5.41) is 41.2. The number of aromatic nitrogens is 1. The number of nitrogens with zero attached hydrogens (tertiary/aromatic N) is 5. The summed E-state index contributed by atoms with van der Waals surface area (Å²) in [6.45, 7) is 5.80. The summed E-state index contributed by atoms with van der Waals surface area (Å²) >= 11 is 0. The van der Waals surface area contributed by atoms with E-state index in [9.17, 15) is 21.0 Å². The van der Waals surface area contributed by atoms with Gasteiger partial charge in [-0.05, 0) is 35.2 Å². The fraction of sp³-hybridized carbons (Fsp3) is 0.0385. The van der Waals surface area contributed by atoms with Gasteiger partial charge in [0.2, 0.25) is 0 Å². The highest BCUT2D eigenvalue weighted by Crippen LogP contribution is 2.44. The van der Waals surface area contributed by atoms with Gasteiger partial charge in [0.25, 0.3) is 0 Å². The Bertz CT molecular complexity index is 1600. The van der Waals surface area contributed by atoms with Gasteiger partial charge in [-0.1, -0.05) is 43.0 Å². The molecule has 0 radical (unpaired) electrons. The van der Waals surface area contributed by atoms with Crippen LogP contribution in [0.2, 0.25) is 0 Å². The molecule has 142 valence electrons. The number of benzene rings is 3. The monoisotopic (exact) mass is 395 g/mol. The third kappa shape index (κ3) is 2.63. The van der Waals surface area contributed by atoms with Crippen LogP contribution in [0.15, 0.2) is 49.2 Å². The molecule has 3 aromatic carbocycles. The van der Waals surface area contributed by atoms with Crippen molar-refractivity contribution in [3.63, 3.8) is 0 Å². The molecule has 4 aromatic rings. The summed E-state index contributed by atoms with van der Waals surface area (Å²) in [5.41, 5.74) is 3.79. The van der Waals surface area contributed by atoms with Crippen LogP contribution in [0.1, 0.15) is 33.4 Å². The molecular weight excluding hydrogens is 382 g/mol. The number of hydrogen-bond acceptors (Lipinski definition) is 5. The second-order valence-electron chi connectivity index (χ2n) is 6.89. The maximum absolute atomic E-state index is 10.1. The van der Waals surface area contributed by atoms with Gasteiger partial charge in [0.15, 0.2) is 0 Å². The fourth-order valence-corrected chi connectivity index (χ4v) is 4.17. The van der Waals surface area contributed by atoms with Crippen LogP contribution in [0.4, 0.5) is 0 Å². The van der Waals surface area contributed by atoms with E-state index in [0.717, 1.165) is 16.7 Å². The molecule has 0 unspecified atom stereocenters. The average molecular weight is 395 g/mol. The summed E-state index contributed by atoms with van der Waals surface area (Å²) in [7, 11) is 0. The number of fused-ring (bicyclic) bond motifs is 3. The first-order valence-electron chi connectivity index (χ1n) is 9.36. The lowest BCUT2D eigenvalue weighted by atomic mass is 9.82. The Morgan fingerprint density at radius 1 is 0.806 bits per heavy atom. The van der Waals surface area contributed by atoms with Crippen LogP contribution in [0.3, 0.4) is 0 Å². The lowest BCUT2D eigenvalue weighted by molar-refractivity contribution is 1.36. The van der Waals surface area contributed by atoms with E-state index in [1.807, 2.05) is 49.4 Å². The van der Waals surface area contributed by atoms with E-state index in [0.29, 0.717) is 27.2 Å². The van der Waals surface area contributed by atoms with E-state index in [-0.39, 0.29) is 22.3 Å². The van der Waals surface area contributed by atoms with Crippen molar-refractivity contribution in [2.24, 2.45) is 0 Å². The van der Waals surface area contributed by atoms with E-state index in [2.05, 4.69) is 23.7 Å². The van der Waals surface area contributed by atoms with E-state index >= 15 is 0 Å². The van der Waals surface area contributed by atoms with Crippen molar-refractivity contribution in [1.82, 2.24) is 4.98 Å². The third-order valence-corrected chi connectivity index (χ3v) is 5.45. The SMILES string of the molecule is C=Cc1ccccc1-c1c(C)c2ncccc2c2c(C#N)c(C#N)c(C#N)c(C#N)c12.